The van der Waals surface area contributed by atoms with E-state index in [0.29, 0.717) is 27.7 Å². The fourth-order valence-corrected chi connectivity index (χ4v) is 3.72. The van der Waals surface area contributed by atoms with Crippen molar-refractivity contribution in [2.75, 3.05) is 18.9 Å². The van der Waals surface area contributed by atoms with Crippen molar-refractivity contribution in [2.45, 2.75) is 13.5 Å². The summed E-state index contributed by atoms with van der Waals surface area (Å²) in [6.45, 7) is 3.32. The molecule has 0 aliphatic heterocycles. The number of amides is 1. The fourth-order valence-electron chi connectivity index (χ4n) is 2.82. The molecule has 1 N–H and O–H groups in total. The highest BCUT2D eigenvalue weighted by Gasteiger charge is 2.18. The van der Waals surface area contributed by atoms with E-state index < -0.39 is 0 Å². The number of fused-ring (bicyclic) bond motifs is 1. The number of anilines is 1. The summed E-state index contributed by atoms with van der Waals surface area (Å²) in [4.78, 5) is 18.9. The summed E-state index contributed by atoms with van der Waals surface area (Å²) < 4.78 is 5.52. The van der Waals surface area contributed by atoms with Gasteiger partial charge in [-0.1, -0.05) is 35.5 Å². The Morgan fingerprint density at radius 1 is 1.21 bits per heavy atom. The second kappa shape index (κ2) is 7.82. The van der Waals surface area contributed by atoms with Crippen LogP contribution in [-0.4, -0.2) is 34.5 Å². The molecule has 0 spiro atoms. The van der Waals surface area contributed by atoms with Crippen LogP contribution in [0.25, 0.3) is 21.7 Å². The van der Waals surface area contributed by atoms with Crippen LogP contribution in [0, 0.1) is 0 Å². The predicted octanol–water partition coefficient (Wildman–Crippen LogP) is 4.66. The molecule has 2 aromatic carbocycles. The Hall–Kier alpha value is -3.19. The summed E-state index contributed by atoms with van der Waals surface area (Å²) in [5.74, 6) is -0.0357. The zero-order valence-corrected chi connectivity index (χ0v) is 16.5. The van der Waals surface area contributed by atoms with Gasteiger partial charge < -0.3 is 14.7 Å². The van der Waals surface area contributed by atoms with Gasteiger partial charge in [-0.05, 0) is 24.6 Å². The van der Waals surface area contributed by atoms with Crippen LogP contribution in [0.3, 0.4) is 0 Å². The van der Waals surface area contributed by atoms with Crippen LogP contribution in [0.2, 0.25) is 0 Å². The molecule has 4 aromatic rings. The number of benzene rings is 2. The van der Waals surface area contributed by atoms with Gasteiger partial charge >= 0.3 is 0 Å². The zero-order valence-electron chi connectivity index (χ0n) is 15.7. The molecule has 0 unspecified atom stereocenters. The molecule has 0 radical (unpaired) electrons. The SMILES string of the molecule is CCN(C)C(=O)c1cnc(-c2noc3cc(NCc4ccccc4)ccc23)s1. The van der Waals surface area contributed by atoms with Crippen molar-refractivity contribution in [3.05, 3.63) is 65.2 Å². The van der Waals surface area contributed by atoms with E-state index in [9.17, 15) is 4.79 Å². The number of rotatable bonds is 6. The third-order valence-corrected chi connectivity index (χ3v) is 5.54. The first-order valence-corrected chi connectivity index (χ1v) is 9.86. The van der Waals surface area contributed by atoms with E-state index in [-0.39, 0.29) is 5.91 Å². The van der Waals surface area contributed by atoms with Gasteiger partial charge in [0.1, 0.15) is 15.6 Å². The molecule has 0 aliphatic carbocycles. The Morgan fingerprint density at radius 3 is 2.82 bits per heavy atom. The lowest BCUT2D eigenvalue weighted by Gasteiger charge is -2.11. The Balaban J connectivity index is 1.55. The predicted molar refractivity (Wildman–Crippen MR) is 112 cm³/mol. The van der Waals surface area contributed by atoms with E-state index >= 15 is 0 Å². The molecule has 0 saturated heterocycles. The fraction of sp³-hybridized carbons (Fsp3) is 0.190. The quantitative estimate of drug-likeness (QED) is 0.517. The topological polar surface area (TPSA) is 71.3 Å². The summed E-state index contributed by atoms with van der Waals surface area (Å²) >= 11 is 1.33. The van der Waals surface area contributed by atoms with Gasteiger partial charge in [0.2, 0.25) is 0 Å². The first kappa shape index (κ1) is 18.2. The minimum absolute atomic E-state index is 0.0357. The first-order chi connectivity index (χ1) is 13.7. The zero-order chi connectivity index (χ0) is 19.5. The summed E-state index contributed by atoms with van der Waals surface area (Å²) in [6.07, 6.45) is 1.60. The smallest absolute Gasteiger partial charge is 0.265 e. The number of thiazole rings is 1. The first-order valence-electron chi connectivity index (χ1n) is 9.04. The Bertz CT molecular complexity index is 1100. The van der Waals surface area contributed by atoms with Crippen molar-refractivity contribution in [2.24, 2.45) is 0 Å². The Kier molecular flexibility index (Phi) is 5.08. The van der Waals surface area contributed by atoms with E-state index in [0.717, 1.165) is 17.6 Å². The standard InChI is InChI=1S/C21H20N4O2S/c1-3-25(2)21(26)18-13-23-20(28-18)19-16-10-9-15(11-17(16)27-24-19)22-12-14-7-5-4-6-8-14/h4-11,13,22H,3,12H2,1-2H3. The van der Waals surface area contributed by atoms with Crippen LogP contribution >= 0.6 is 11.3 Å². The summed E-state index contributed by atoms with van der Waals surface area (Å²) in [5.41, 5.74) is 3.51. The molecule has 0 fully saturated rings. The maximum absolute atomic E-state index is 12.3. The van der Waals surface area contributed by atoms with Gasteiger partial charge in [0.25, 0.3) is 5.91 Å². The van der Waals surface area contributed by atoms with E-state index in [1.165, 1.54) is 16.9 Å². The molecule has 0 aliphatic rings. The third kappa shape index (κ3) is 3.61. The second-order valence-electron chi connectivity index (χ2n) is 6.43. The molecule has 28 heavy (non-hydrogen) atoms. The summed E-state index contributed by atoms with van der Waals surface area (Å²) in [5, 5.41) is 9.13. The van der Waals surface area contributed by atoms with Crippen molar-refractivity contribution in [3.8, 4) is 10.7 Å². The number of hydrogen-bond donors (Lipinski definition) is 1. The van der Waals surface area contributed by atoms with Gasteiger partial charge in [-0.3, -0.25) is 4.79 Å². The van der Waals surface area contributed by atoms with Crippen molar-refractivity contribution < 1.29 is 9.32 Å². The molecule has 4 rings (SSSR count). The average Bonchev–Trinajstić information content (AvgIpc) is 3.38. The molecular weight excluding hydrogens is 372 g/mol. The summed E-state index contributed by atoms with van der Waals surface area (Å²) in [7, 11) is 1.77. The highest BCUT2D eigenvalue weighted by Crippen LogP contribution is 2.32. The molecular formula is C21H20N4O2S. The summed E-state index contributed by atoms with van der Waals surface area (Å²) in [6, 6.07) is 16.1. The van der Waals surface area contributed by atoms with Crippen molar-refractivity contribution in [3.63, 3.8) is 0 Å². The van der Waals surface area contributed by atoms with Crippen molar-refractivity contribution in [1.29, 1.82) is 0 Å². The molecule has 7 heteroatoms. The number of carbonyl (C=O) groups excluding carboxylic acids is 1. The molecule has 6 nitrogen and oxygen atoms in total. The normalized spacial score (nSPS) is 10.9. The van der Waals surface area contributed by atoms with Crippen LogP contribution in [-0.2, 0) is 6.54 Å². The minimum atomic E-state index is -0.0357. The lowest BCUT2D eigenvalue weighted by molar-refractivity contribution is 0.0807. The Labute approximate surface area is 166 Å². The van der Waals surface area contributed by atoms with E-state index in [4.69, 9.17) is 4.52 Å². The number of nitrogens with one attached hydrogen (secondary N) is 1. The average molecular weight is 392 g/mol. The Morgan fingerprint density at radius 2 is 2.04 bits per heavy atom. The lowest BCUT2D eigenvalue weighted by atomic mass is 10.2. The van der Waals surface area contributed by atoms with Gasteiger partial charge in [0, 0.05) is 31.9 Å². The number of hydrogen-bond acceptors (Lipinski definition) is 6. The second-order valence-corrected chi connectivity index (χ2v) is 7.46. The van der Waals surface area contributed by atoms with Crippen LogP contribution in [0.1, 0.15) is 22.2 Å². The highest BCUT2D eigenvalue weighted by atomic mass is 32.1. The molecule has 2 heterocycles. The molecule has 142 valence electrons. The maximum atomic E-state index is 12.3. The highest BCUT2D eigenvalue weighted by molar-refractivity contribution is 7.17. The van der Waals surface area contributed by atoms with Crippen LogP contribution in [0.5, 0.6) is 0 Å². The van der Waals surface area contributed by atoms with Crippen molar-refractivity contribution >= 4 is 33.9 Å². The molecule has 0 bridgehead atoms. The number of aromatic nitrogens is 2. The number of carbonyl (C=O) groups is 1. The molecule has 0 saturated carbocycles. The van der Waals surface area contributed by atoms with Crippen LogP contribution < -0.4 is 5.32 Å². The van der Waals surface area contributed by atoms with Gasteiger partial charge in [-0.15, -0.1) is 11.3 Å². The van der Waals surface area contributed by atoms with Gasteiger partial charge in [-0.25, -0.2) is 4.98 Å². The largest absolute Gasteiger partial charge is 0.381 e. The molecule has 1 amide bonds. The van der Waals surface area contributed by atoms with Gasteiger partial charge in [0.15, 0.2) is 5.58 Å². The van der Waals surface area contributed by atoms with Crippen LogP contribution in [0.15, 0.2) is 59.3 Å². The van der Waals surface area contributed by atoms with E-state index in [1.807, 2.05) is 43.3 Å². The molecule has 0 atom stereocenters. The van der Waals surface area contributed by atoms with E-state index in [1.54, 1.807) is 18.1 Å². The van der Waals surface area contributed by atoms with Crippen molar-refractivity contribution in [1.82, 2.24) is 15.0 Å². The van der Waals surface area contributed by atoms with Gasteiger partial charge in [-0.2, -0.15) is 0 Å². The third-order valence-electron chi connectivity index (χ3n) is 4.55. The van der Waals surface area contributed by atoms with Crippen LogP contribution in [0.4, 0.5) is 5.69 Å². The van der Waals surface area contributed by atoms with Gasteiger partial charge in [0.05, 0.1) is 11.6 Å². The number of nitrogens with zero attached hydrogens (tertiary/aromatic N) is 3. The maximum Gasteiger partial charge on any atom is 0.265 e. The molecule has 2 aromatic heterocycles. The minimum Gasteiger partial charge on any atom is -0.381 e. The lowest BCUT2D eigenvalue weighted by Crippen LogP contribution is -2.25. The monoisotopic (exact) mass is 392 g/mol. The van der Waals surface area contributed by atoms with E-state index in [2.05, 4.69) is 27.6 Å².